The molecule has 0 saturated carbocycles. The van der Waals surface area contributed by atoms with E-state index >= 15 is 0 Å². The van der Waals surface area contributed by atoms with Crippen LogP contribution in [0.25, 0.3) is 0 Å². The Morgan fingerprint density at radius 2 is 1.91 bits per heavy atom. The predicted molar refractivity (Wildman–Crippen MR) is 48.9 cm³/mol. The van der Waals surface area contributed by atoms with Crippen LogP contribution in [-0.4, -0.2) is 30.0 Å². The average molecular weight is 157 g/mol. The second kappa shape index (κ2) is 3.60. The molecule has 0 atom stereocenters. The lowest BCUT2D eigenvalue weighted by molar-refractivity contribution is 0.439. The first-order valence-corrected chi connectivity index (χ1v) is 3.94. The summed E-state index contributed by atoms with van der Waals surface area (Å²) in [6.07, 6.45) is 0. The minimum Gasteiger partial charge on any atom is -0.352 e. The molecule has 0 rings (SSSR count). The van der Waals surface area contributed by atoms with Gasteiger partial charge in [-0.25, -0.2) is 0 Å². The summed E-state index contributed by atoms with van der Waals surface area (Å²) in [4.78, 5) is 1.87. The van der Waals surface area contributed by atoms with E-state index in [-0.39, 0.29) is 5.54 Å². The molecule has 0 spiro atoms. The van der Waals surface area contributed by atoms with Crippen molar-refractivity contribution in [2.75, 3.05) is 13.6 Å². The van der Waals surface area contributed by atoms with Crippen LogP contribution in [0, 0.1) is 5.41 Å². The molecule has 0 amide bonds. The van der Waals surface area contributed by atoms with Crippen molar-refractivity contribution in [3.05, 3.63) is 0 Å². The second-order valence-corrected chi connectivity index (χ2v) is 3.74. The molecule has 0 heterocycles. The van der Waals surface area contributed by atoms with Crippen molar-refractivity contribution in [2.45, 2.75) is 33.2 Å². The van der Waals surface area contributed by atoms with Crippen molar-refractivity contribution in [2.24, 2.45) is 0 Å². The van der Waals surface area contributed by atoms with Crippen molar-refractivity contribution in [1.82, 2.24) is 10.2 Å². The van der Waals surface area contributed by atoms with Gasteiger partial charge in [-0.15, -0.1) is 0 Å². The Kier molecular flexibility index (Phi) is 3.36. The number of hydrogen-bond donors (Lipinski definition) is 2. The fraction of sp³-hybridized carbons (Fsp3) is 0.875. The second-order valence-electron chi connectivity index (χ2n) is 3.74. The summed E-state index contributed by atoms with van der Waals surface area (Å²) in [6, 6.07) is 0. The minimum absolute atomic E-state index is 0.0134. The van der Waals surface area contributed by atoms with Crippen LogP contribution < -0.4 is 5.32 Å². The van der Waals surface area contributed by atoms with Crippen molar-refractivity contribution in [3.8, 4) is 0 Å². The van der Waals surface area contributed by atoms with Gasteiger partial charge in [0.1, 0.15) is 0 Å². The van der Waals surface area contributed by atoms with Gasteiger partial charge in [0.05, 0.1) is 0 Å². The van der Waals surface area contributed by atoms with Gasteiger partial charge in [-0.1, -0.05) is 0 Å². The zero-order chi connectivity index (χ0) is 9.07. The van der Waals surface area contributed by atoms with E-state index in [1.807, 2.05) is 39.6 Å². The van der Waals surface area contributed by atoms with Gasteiger partial charge in [0.2, 0.25) is 0 Å². The van der Waals surface area contributed by atoms with E-state index in [1.54, 1.807) is 0 Å². The third-order valence-electron chi connectivity index (χ3n) is 1.35. The van der Waals surface area contributed by atoms with Gasteiger partial charge in [0, 0.05) is 19.1 Å². The molecule has 0 unspecified atom stereocenters. The molecule has 0 aromatic carbocycles. The molecule has 0 aliphatic rings. The molecular formula is C8H19N3. The van der Waals surface area contributed by atoms with Crippen LogP contribution in [0.3, 0.4) is 0 Å². The molecule has 0 radical (unpaired) electrons. The van der Waals surface area contributed by atoms with Gasteiger partial charge in [0.25, 0.3) is 0 Å². The molecule has 2 N–H and O–H groups in total. The van der Waals surface area contributed by atoms with Gasteiger partial charge in [0.15, 0.2) is 5.96 Å². The molecule has 0 fully saturated rings. The van der Waals surface area contributed by atoms with Crippen LogP contribution in [0.5, 0.6) is 0 Å². The van der Waals surface area contributed by atoms with Crippen molar-refractivity contribution < 1.29 is 0 Å². The van der Waals surface area contributed by atoms with Crippen LogP contribution in [0.4, 0.5) is 0 Å². The lowest BCUT2D eigenvalue weighted by Crippen LogP contribution is -2.47. The zero-order valence-corrected chi connectivity index (χ0v) is 8.15. The molecule has 0 aromatic heterocycles. The highest BCUT2D eigenvalue weighted by Gasteiger charge is 2.12. The number of nitrogens with one attached hydrogen (secondary N) is 2. The summed E-state index contributed by atoms with van der Waals surface area (Å²) in [6.45, 7) is 9.03. The van der Waals surface area contributed by atoms with Crippen LogP contribution in [0.15, 0.2) is 0 Å². The number of rotatable bonds is 1. The molecule has 3 nitrogen and oxygen atoms in total. The Hall–Kier alpha value is -0.730. The maximum atomic E-state index is 7.57. The number of nitrogens with zero attached hydrogens (tertiary/aromatic N) is 1. The van der Waals surface area contributed by atoms with Gasteiger partial charge in [-0.3, -0.25) is 5.41 Å². The average Bonchev–Trinajstić information content (AvgIpc) is 1.82. The fourth-order valence-corrected chi connectivity index (χ4v) is 0.609. The van der Waals surface area contributed by atoms with Crippen LogP contribution in [-0.2, 0) is 0 Å². The number of guanidine groups is 1. The molecule has 0 saturated heterocycles. The van der Waals surface area contributed by atoms with Gasteiger partial charge >= 0.3 is 0 Å². The smallest absolute Gasteiger partial charge is 0.191 e. The summed E-state index contributed by atoms with van der Waals surface area (Å²) in [5, 5.41) is 10.6. The first-order chi connectivity index (χ1) is 4.87. The molecule has 11 heavy (non-hydrogen) atoms. The summed E-state index contributed by atoms with van der Waals surface area (Å²) < 4.78 is 0. The Morgan fingerprint density at radius 3 is 2.18 bits per heavy atom. The SMILES string of the molecule is CCN(C)C(=N)NC(C)(C)C. The van der Waals surface area contributed by atoms with Gasteiger partial charge in [-0.05, 0) is 27.7 Å². The monoisotopic (exact) mass is 157 g/mol. The lowest BCUT2D eigenvalue weighted by Gasteiger charge is -2.27. The van der Waals surface area contributed by atoms with E-state index < -0.39 is 0 Å². The molecule has 0 aliphatic carbocycles. The van der Waals surface area contributed by atoms with E-state index in [2.05, 4.69) is 5.32 Å². The molecule has 0 aliphatic heterocycles. The van der Waals surface area contributed by atoms with E-state index in [0.29, 0.717) is 5.96 Å². The first kappa shape index (κ1) is 10.3. The van der Waals surface area contributed by atoms with Crippen molar-refractivity contribution >= 4 is 5.96 Å². The Labute approximate surface area is 69.3 Å². The topological polar surface area (TPSA) is 39.1 Å². The van der Waals surface area contributed by atoms with Crippen molar-refractivity contribution in [3.63, 3.8) is 0 Å². The van der Waals surface area contributed by atoms with E-state index in [9.17, 15) is 0 Å². The third kappa shape index (κ3) is 4.65. The summed E-state index contributed by atoms with van der Waals surface area (Å²) >= 11 is 0. The third-order valence-corrected chi connectivity index (χ3v) is 1.35. The quantitative estimate of drug-likeness (QED) is 0.444. The molecule has 0 aromatic rings. The van der Waals surface area contributed by atoms with E-state index in [1.165, 1.54) is 0 Å². The summed E-state index contributed by atoms with van der Waals surface area (Å²) in [7, 11) is 1.90. The lowest BCUT2D eigenvalue weighted by atomic mass is 10.1. The largest absolute Gasteiger partial charge is 0.352 e. The van der Waals surface area contributed by atoms with Crippen LogP contribution >= 0.6 is 0 Å². The van der Waals surface area contributed by atoms with Crippen molar-refractivity contribution in [1.29, 1.82) is 5.41 Å². The van der Waals surface area contributed by atoms with Crippen LogP contribution in [0.1, 0.15) is 27.7 Å². The highest BCUT2D eigenvalue weighted by atomic mass is 15.3. The Bertz CT molecular complexity index is 135. The summed E-state index contributed by atoms with van der Waals surface area (Å²) in [5.74, 6) is 0.486. The van der Waals surface area contributed by atoms with E-state index in [0.717, 1.165) is 6.54 Å². The molecule has 0 bridgehead atoms. The normalized spacial score (nSPS) is 11.0. The maximum Gasteiger partial charge on any atom is 0.191 e. The van der Waals surface area contributed by atoms with E-state index in [4.69, 9.17) is 5.41 Å². The minimum atomic E-state index is -0.0134. The standard InChI is InChI=1S/C8H19N3/c1-6-11(5)7(9)10-8(2,3)4/h6H2,1-5H3,(H2,9,10). The maximum absolute atomic E-state index is 7.57. The first-order valence-electron chi connectivity index (χ1n) is 3.94. The predicted octanol–water partition coefficient (Wildman–Crippen LogP) is 1.26. The highest BCUT2D eigenvalue weighted by Crippen LogP contribution is 1.98. The van der Waals surface area contributed by atoms with Gasteiger partial charge in [-0.2, -0.15) is 0 Å². The summed E-state index contributed by atoms with van der Waals surface area (Å²) in [5.41, 5.74) is -0.0134. The Morgan fingerprint density at radius 1 is 1.45 bits per heavy atom. The van der Waals surface area contributed by atoms with Crippen LogP contribution in [0.2, 0.25) is 0 Å². The number of hydrogen-bond acceptors (Lipinski definition) is 1. The molecule has 66 valence electrons. The Balaban J connectivity index is 3.88. The molecular weight excluding hydrogens is 138 g/mol. The molecule has 3 heteroatoms. The zero-order valence-electron chi connectivity index (χ0n) is 8.15. The highest BCUT2D eigenvalue weighted by molar-refractivity contribution is 5.76. The fourth-order valence-electron chi connectivity index (χ4n) is 0.609. The van der Waals surface area contributed by atoms with Gasteiger partial charge < -0.3 is 10.2 Å².